The van der Waals surface area contributed by atoms with Crippen LogP contribution in [-0.4, -0.2) is 0 Å². The van der Waals surface area contributed by atoms with Crippen molar-refractivity contribution in [3.8, 4) is 0 Å². The highest BCUT2D eigenvalue weighted by Crippen LogP contribution is 2.15. The Kier molecular flexibility index (Phi) is 8.85. The molecule has 0 nitrogen and oxygen atoms in total. The van der Waals surface area contributed by atoms with E-state index in [9.17, 15) is 0 Å². The second kappa shape index (κ2) is 9.27. The standard InChI is InChI=1S/C17H30/c1-7-16(5)17(6)13-9-12-15(4)11-8-10-14(2)3/h10,12-13,16H,7-9,11H2,1-6H3/b15-12+,17-13+. The topological polar surface area (TPSA) is 0 Å². The van der Waals surface area contributed by atoms with Gasteiger partial charge >= 0.3 is 0 Å². The minimum Gasteiger partial charge on any atom is -0.0856 e. The summed E-state index contributed by atoms with van der Waals surface area (Å²) in [5.41, 5.74) is 4.46. The van der Waals surface area contributed by atoms with Crippen LogP contribution in [0.2, 0.25) is 0 Å². The van der Waals surface area contributed by atoms with Gasteiger partial charge in [0.1, 0.15) is 0 Å². The predicted molar refractivity (Wildman–Crippen MR) is 80.3 cm³/mol. The first-order valence-corrected chi connectivity index (χ1v) is 6.93. The molecule has 0 saturated heterocycles. The summed E-state index contributed by atoms with van der Waals surface area (Å²) in [5.74, 6) is 0.731. The average Bonchev–Trinajstić information content (AvgIpc) is 2.27. The van der Waals surface area contributed by atoms with Crippen molar-refractivity contribution in [3.63, 3.8) is 0 Å². The zero-order valence-electron chi connectivity index (χ0n) is 12.6. The molecule has 0 aliphatic heterocycles. The number of rotatable bonds is 7. The van der Waals surface area contributed by atoms with E-state index in [1.165, 1.54) is 36.0 Å². The summed E-state index contributed by atoms with van der Waals surface area (Å²) in [5, 5.41) is 0. The molecule has 0 heterocycles. The van der Waals surface area contributed by atoms with Gasteiger partial charge in [0.2, 0.25) is 0 Å². The Hall–Kier alpha value is -0.780. The lowest BCUT2D eigenvalue weighted by atomic mass is 9.99. The van der Waals surface area contributed by atoms with Crippen molar-refractivity contribution < 1.29 is 0 Å². The molecule has 0 aromatic rings. The molecular weight excluding hydrogens is 204 g/mol. The highest BCUT2D eigenvalue weighted by atomic mass is 14.0. The van der Waals surface area contributed by atoms with E-state index in [1.54, 1.807) is 0 Å². The van der Waals surface area contributed by atoms with Gasteiger partial charge in [0, 0.05) is 0 Å². The average molecular weight is 234 g/mol. The van der Waals surface area contributed by atoms with Crippen LogP contribution in [0.15, 0.2) is 34.9 Å². The summed E-state index contributed by atoms with van der Waals surface area (Å²) >= 11 is 0. The summed E-state index contributed by atoms with van der Waals surface area (Å²) in [6.07, 6.45) is 11.8. The van der Waals surface area contributed by atoms with Gasteiger partial charge in [-0.1, -0.05) is 48.8 Å². The minimum absolute atomic E-state index is 0.731. The third-order valence-electron chi connectivity index (χ3n) is 3.39. The first-order valence-electron chi connectivity index (χ1n) is 6.93. The molecule has 0 aromatic carbocycles. The third-order valence-corrected chi connectivity index (χ3v) is 3.39. The number of hydrogen-bond donors (Lipinski definition) is 0. The van der Waals surface area contributed by atoms with Crippen molar-refractivity contribution >= 4 is 0 Å². The molecule has 0 spiro atoms. The van der Waals surface area contributed by atoms with Gasteiger partial charge in [0.15, 0.2) is 0 Å². The zero-order chi connectivity index (χ0) is 13.3. The van der Waals surface area contributed by atoms with Crippen molar-refractivity contribution in [1.29, 1.82) is 0 Å². The molecule has 98 valence electrons. The van der Waals surface area contributed by atoms with Crippen LogP contribution in [0, 0.1) is 5.92 Å². The van der Waals surface area contributed by atoms with Gasteiger partial charge in [-0.3, -0.25) is 0 Å². The van der Waals surface area contributed by atoms with Crippen LogP contribution in [0.1, 0.15) is 67.2 Å². The van der Waals surface area contributed by atoms with Gasteiger partial charge in [-0.2, -0.15) is 0 Å². The highest BCUT2D eigenvalue weighted by Gasteiger charge is 1.98. The van der Waals surface area contributed by atoms with Crippen LogP contribution in [0.5, 0.6) is 0 Å². The van der Waals surface area contributed by atoms with Crippen LogP contribution in [0.4, 0.5) is 0 Å². The summed E-state index contributed by atoms with van der Waals surface area (Å²) in [6.45, 7) is 13.4. The largest absolute Gasteiger partial charge is 0.0856 e. The van der Waals surface area contributed by atoms with Crippen molar-refractivity contribution in [2.24, 2.45) is 5.92 Å². The summed E-state index contributed by atoms with van der Waals surface area (Å²) in [6, 6.07) is 0. The Labute approximate surface area is 109 Å². The third kappa shape index (κ3) is 8.97. The quantitative estimate of drug-likeness (QED) is 0.469. The van der Waals surface area contributed by atoms with E-state index in [2.05, 4.69) is 59.8 Å². The predicted octanol–water partition coefficient (Wildman–Crippen LogP) is 6.06. The van der Waals surface area contributed by atoms with E-state index < -0.39 is 0 Å². The van der Waals surface area contributed by atoms with Crippen molar-refractivity contribution in [2.45, 2.75) is 67.2 Å². The maximum absolute atomic E-state index is 2.37. The molecule has 1 unspecified atom stereocenters. The molecule has 0 rings (SSSR count). The Morgan fingerprint density at radius 2 is 1.65 bits per heavy atom. The second-order valence-electron chi connectivity index (χ2n) is 5.36. The molecule has 0 amide bonds. The molecule has 17 heavy (non-hydrogen) atoms. The Morgan fingerprint density at radius 1 is 1.00 bits per heavy atom. The minimum atomic E-state index is 0.731. The fourth-order valence-electron chi connectivity index (χ4n) is 1.66. The Morgan fingerprint density at radius 3 is 2.18 bits per heavy atom. The Balaban J connectivity index is 4.03. The SMILES string of the molecule is CCC(C)/C(C)=C/C/C=C(\C)CCC=C(C)C. The lowest BCUT2D eigenvalue weighted by Gasteiger charge is -2.08. The molecule has 0 aliphatic carbocycles. The molecule has 0 saturated carbocycles. The smallest absolute Gasteiger partial charge is 0.0164 e. The molecule has 1 atom stereocenters. The normalized spacial score (nSPS) is 14.7. The summed E-state index contributed by atoms with van der Waals surface area (Å²) < 4.78 is 0. The van der Waals surface area contributed by atoms with E-state index in [0.717, 1.165) is 12.3 Å². The van der Waals surface area contributed by atoms with E-state index in [1.807, 2.05) is 0 Å². The molecule has 0 aromatic heterocycles. The molecule has 0 radical (unpaired) electrons. The summed E-state index contributed by atoms with van der Waals surface area (Å²) in [7, 11) is 0. The van der Waals surface area contributed by atoms with Crippen molar-refractivity contribution in [1.82, 2.24) is 0 Å². The molecule has 0 aliphatic rings. The van der Waals surface area contributed by atoms with E-state index in [-0.39, 0.29) is 0 Å². The maximum Gasteiger partial charge on any atom is -0.0164 e. The number of hydrogen-bond acceptors (Lipinski definition) is 0. The van der Waals surface area contributed by atoms with Gasteiger partial charge in [-0.15, -0.1) is 0 Å². The van der Waals surface area contributed by atoms with Gasteiger partial charge in [0.05, 0.1) is 0 Å². The first kappa shape index (κ1) is 16.2. The van der Waals surface area contributed by atoms with Gasteiger partial charge in [-0.05, 0) is 59.3 Å². The fraction of sp³-hybridized carbons (Fsp3) is 0.647. The van der Waals surface area contributed by atoms with Gasteiger partial charge in [0.25, 0.3) is 0 Å². The lowest BCUT2D eigenvalue weighted by molar-refractivity contribution is 0.653. The highest BCUT2D eigenvalue weighted by molar-refractivity contribution is 5.09. The second-order valence-corrected chi connectivity index (χ2v) is 5.36. The van der Waals surface area contributed by atoms with Crippen LogP contribution < -0.4 is 0 Å². The van der Waals surface area contributed by atoms with E-state index >= 15 is 0 Å². The first-order chi connectivity index (χ1) is 7.97. The van der Waals surface area contributed by atoms with E-state index in [4.69, 9.17) is 0 Å². The zero-order valence-corrected chi connectivity index (χ0v) is 12.6. The van der Waals surface area contributed by atoms with Crippen LogP contribution >= 0.6 is 0 Å². The van der Waals surface area contributed by atoms with Crippen molar-refractivity contribution in [3.05, 3.63) is 34.9 Å². The van der Waals surface area contributed by atoms with Gasteiger partial charge in [-0.25, -0.2) is 0 Å². The molecule has 0 fully saturated rings. The van der Waals surface area contributed by atoms with Crippen LogP contribution in [0.3, 0.4) is 0 Å². The van der Waals surface area contributed by atoms with Crippen molar-refractivity contribution in [2.75, 3.05) is 0 Å². The lowest BCUT2D eigenvalue weighted by Crippen LogP contribution is -1.92. The van der Waals surface area contributed by atoms with Crippen LogP contribution in [0.25, 0.3) is 0 Å². The fourth-order valence-corrected chi connectivity index (χ4v) is 1.66. The summed E-state index contributed by atoms with van der Waals surface area (Å²) in [4.78, 5) is 0. The molecule has 0 bridgehead atoms. The Bertz CT molecular complexity index is 285. The van der Waals surface area contributed by atoms with E-state index in [0.29, 0.717) is 0 Å². The monoisotopic (exact) mass is 234 g/mol. The number of allylic oxidation sites excluding steroid dienone is 6. The molecular formula is C17H30. The van der Waals surface area contributed by atoms with Gasteiger partial charge < -0.3 is 0 Å². The maximum atomic E-state index is 2.37. The van der Waals surface area contributed by atoms with Crippen LogP contribution in [-0.2, 0) is 0 Å². The molecule has 0 heteroatoms. The molecule has 0 N–H and O–H groups in total.